The third kappa shape index (κ3) is 5.03. The Balaban J connectivity index is 1.24. The van der Waals surface area contributed by atoms with Gasteiger partial charge in [-0.1, -0.05) is 18.2 Å². The van der Waals surface area contributed by atoms with E-state index < -0.39 is 0 Å². The molecule has 1 amide bonds. The number of hydrogen-bond acceptors (Lipinski definition) is 7. The lowest BCUT2D eigenvalue weighted by molar-refractivity contribution is -0.127. The van der Waals surface area contributed by atoms with Gasteiger partial charge in [0.15, 0.2) is 11.5 Å². The molecule has 3 heterocycles. The van der Waals surface area contributed by atoms with E-state index in [-0.39, 0.29) is 5.91 Å². The molecule has 0 aliphatic carbocycles. The van der Waals surface area contributed by atoms with E-state index >= 15 is 0 Å². The second-order valence-electron chi connectivity index (χ2n) is 7.83. The number of nitrogens with zero attached hydrogens (tertiary/aromatic N) is 4. The average molecular weight is 444 g/mol. The van der Waals surface area contributed by atoms with Gasteiger partial charge in [0.2, 0.25) is 11.9 Å². The highest BCUT2D eigenvalue weighted by Gasteiger charge is 2.19. The summed E-state index contributed by atoms with van der Waals surface area (Å²) in [7, 11) is 0. The maximum atomic E-state index is 11.7. The smallest absolute Gasteiger partial charge is 0.226 e. The van der Waals surface area contributed by atoms with Gasteiger partial charge in [0.05, 0.1) is 6.33 Å². The van der Waals surface area contributed by atoms with Crippen molar-refractivity contribution >= 4 is 34.5 Å². The Kier molecular flexibility index (Phi) is 6.01. The van der Waals surface area contributed by atoms with Crippen LogP contribution in [0.3, 0.4) is 0 Å². The van der Waals surface area contributed by atoms with E-state index in [0.717, 1.165) is 48.6 Å². The van der Waals surface area contributed by atoms with Crippen LogP contribution in [-0.2, 0) is 4.79 Å². The van der Waals surface area contributed by atoms with Crippen LogP contribution in [0.2, 0.25) is 0 Å². The van der Waals surface area contributed by atoms with Crippen molar-refractivity contribution in [3.8, 4) is 11.5 Å². The number of imidazole rings is 1. The van der Waals surface area contributed by atoms with Crippen molar-refractivity contribution in [1.29, 1.82) is 0 Å². The van der Waals surface area contributed by atoms with Crippen LogP contribution < -0.4 is 15.4 Å². The Morgan fingerprint density at radius 2 is 1.85 bits per heavy atom. The minimum Gasteiger partial charge on any atom is -0.457 e. The van der Waals surface area contributed by atoms with Crippen molar-refractivity contribution in [1.82, 2.24) is 24.8 Å². The zero-order valence-corrected chi connectivity index (χ0v) is 18.1. The largest absolute Gasteiger partial charge is 0.457 e. The standard InChI is InChI=1S/C24H25N7O2/c32-20-8-4-14-31(20)15-5-13-25-24-29-22-21(26-16-27-22)23(30-24)28-17-9-11-19(12-10-17)33-18-6-2-1-3-7-18/h1-3,6-7,9-12,16H,4-5,8,13-15H2,(H3,25,26,27,28,29,30). The quantitative estimate of drug-likeness (QED) is 0.331. The number of hydrogen-bond donors (Lipinski definition) is 3. The molecule has 1 aliphatic heterocycles. The molecule has 0 saturated carbocycles. The first-order chi connectivity index (χ1) is 16.2. The van der Waals surface area contributed by atoms with E-state index in [9.17, 15) is 4.79 Å². The fourth-order valence-corrected chi connectivity index (χ4v) is 3.78. The maximum absolute atomic E-state index is 11.7. The second-order valence-corrected chi connectivity index (χ2v) is 7.83. The highest BCUT2D eigenvalue weighted by atomic mass is 16.5. The number of anilines is 3. The SMILES string of the molecule is O=C1CCCN1CCCNc1nc(Nc2ccc(Oc3ccccc3)cc2)c2[nH]cnc2n1. The molecular weight excluding hydrogens is 418 g/mol. The molecule has 1 fully saturated rings. The van der Waals surface area contributed by atoms with E-state index in [1.165, 1.54) is 0 Å². The molecule has 4 aromatic rings. The van der Waals surface area contributed by atoms with Crippen molar-refractivity contribution in [3.05, 3.63) is 60.9 Å². The molecule has 1 saturated heterocycles. The molecule has 0 unspecified atom stereocenters. The third-order valence-electron chi connectivity index (χ3n) is 5.44. The van der Waals surface area contributed by atoms with Crippen molar-refractivity contribution in [3.63, 3.8) is 0 Å². The van der Waals surface area contributed by atoms with Gasteiger partial charge in [-0.3, -0.25) is 4.79 Å². The molecule has 168 valence electrons. The van der Waals surface area contributed by atoms with Gasteiger partial charge in [-0.15, -0.1) is 0 Å². The number of carbonyl (C=O) groups is 1. The Morgan fingerprint density at radius 3 is 2.64 bits per heavy atom. The summed E-state index contributed by atoms with van der Waals surface area (Å²) in [6.45, 7) is 2.28. The monoisotopic (exact) mass is 443 g/mol. The molecule has 0 radical (unpaired) electrons. The molecule has 3 N–H and O–H groups in total. The van der Waals surface area contributed by atoms with Gasteiger partial charge in [0, 0.05) is 31.7 Å². The molecule has 2 aromatic carbocycles. The number of fused-ring (bicyclic) bond motifs is 1. The Bertz CT molecular complexity index is 1220. The minimum atomic E-state index is 0.246. The molecule has 0 bridgehead atoms. The van der Waals surface area contributed by atoms with Crippen LogP contribution in [0.15, 0.2) is 60.9 Å². The van der Waals surface area contributed by atoms with Gasteiger partial charge in [-0.05, 0) is 49.2 Å². The average Bonchev–Trinajstić information content (AvgIpc) is 3.48. The normalized spacial score (nSPS) is 13.5. The predicted molar refractivity (Wildman–Crippen MR) is 127 cm³/mol. The molecule has 1 aliphatic rings. The zero-order chi connectivity index (χ0) is 22.5. The van der Waals surface area contributed by atoms with E-state index in [4.69, 9.17) is 4.74 Å². The number of rotatable bonds is 9. The van der Waals surface area contributed by atoms with Crippen LogP contribution in [0.4, 0.5) is 17.5 Å². The maximum Gasteiger partial charge on any atom is 0.226 e. The van der Waals surface area contributed by atoms with Crippen LogP contribution in [0.25, 0.3) is 11.2 Å². The summed E-state index contributed by atoms with van der Waals surface area (Å²) in [5, 5.41) is 6.59. The summed E-state index contributed by atoms with van der Waals surface area (Å²) >= 11 is 0. The molecule has 5 rings (SSSR count). The number of H-pyrrole nitrogens is 1. The summed E-state index contributed by atoms with van der Waals surface area (Å²) < 4.78 is 5.85. The van der Waals surface area contributed by atoms with Gasteiger partial charge in [0.1, 0.15) is 17.0 Å². The van der Waals surface area contributed by atoms with Crippen LogP contribution in [0.5, 0.6) is 11.5 Å². The van der Waals surface area contributed by atoms with Crippen molar-refractivity contribution in [2.75, 3.05) is 30.3 Å². The predicted octanol–water partition coefficient (Wildman–Crippen LogP) is 4.31. The molecule has 2 aromatic heterocycles. The Labute approximate surface area is 191 Å². The van der Waals surface area contributed by atoms with Gasteiger partial charge >= 0.3 is 0 Å². The van der Waals surface area contributed by atoms with Crippen molar-refractivity contribution in [2.45, 2.75) is 19.3 Å². The highest BCUT2D eigenvalue weighted by Crippen LogP contribution is 2.26. The van der Waals surface area contributed by atoms with E-state index in [2.05, 4.69) is 30.6 Å². The molecule has 33 heavy (non-hydrogen) atoms. The Hall–Kier alpha value is -4.14. The number of likely N-dealkylation sites (tertiary alicyclic amines) is 1. The molecule has 9 heteroatoms. The van der Waals surface area contributed by atoms with Crippen LogP contribution in [0.1, 0.15) is 19.3 Å². The molecule has 9 nitrogen and oxygen atoms in total. The van der Waals surface area contributed by atoms with Gasteiger partial charge in [-0.25, -0.2) is 4.98 Å². The number of aromatic amines is 1. The van der Waals surface area contributed by atoms with Crippen molar-refractivity contribution < 1.29 is 9.53 Å². The summed E-state index contributed by atoms with van der Waals surface area (Å²) in [5.74, 6) is 2.91. The lowest BCUT2D eigenvalue weighted by atomic mass is 10.3. The number of benzene rings is 2. The van der Waals surface area contributed by atoms with Crippen molar-refractivity contribution in [2.24, 2.45) is 0 Å². The fraction of sp³-hybridized carbons (Fsp3) is 0.250. The molecule has 0 spiro atoms. The molecule has 0 atom stereocenters. The summed E-state index contributed by atoms with van der Waals surface area (Å²) in [5.41, 5.74) is 2.17. The van der Waals surface area contributed by atoms with Crippen LogP contribution in [-0.4, -0.2) is 50.4 Å². The number of para-hydroxylation sites is 1. The first-order valence-corrected chi connectivity index (χ1v) is 11.1. The Morgan fingerprint density at radius 1 is 1.03 bits per heavy atom. The summed E-state index contributed by atoms with van der Waals surface area (Å²) in [4.78, 5) is 30.1. The number of nitrogens with one attached hydrogen (secondary N) is 3. The lowest BCUT2D eigenvalue weighted by Gasteiger charge is -2.15. The number of ether oxygens (including phenoxy) is 1. The fourth-order valence-electron chi connectivity index (χ4n) is 3.78. The minimum absolute atomic E-state index is 0.246. The van der Waals surface area contributed by atoms with Gasteiger partial charge < -0.3 is 25.3 Å². The van der Waals surface area contributed by atoms with Crippen LogP contribution in [0, 0.1) is 0 Å². The number of amides is 1. The number of aromatic nitrogens is 4. The topological polar surface area (TPSA) is 108 Å². The lowest BCUT2D eigenvalue weighted by Crippen LogP contribution is -2.27. The van der Waals surface area contributed by atoms with E-state index in [1.54, 1.807) is 6.33 Å². The summed E-state index contributed by atoms with van der Waals surface area (Å²) in [6.07, 6.45) is 4.06. The summed E-state index contributed by atoms with van der Waals surface area (Å²) in [6, 6.07) is 17.3. The van der Waals surface area contributed by atoms with E-state index in [1.807, 2.05) is 59.5 Å². The second kappa shape index (κ2) is 9.56. The zero-order valence-electron chi connectivity index (χ0n) is 18.1. The number of carbonyl (C=O) groups excluding carboxylic acids is 1. The third-order valence-corrected chi connectivity index (χ3v) is 5.44. The van der Waals surface area contributed by atoms with E-state index in [0.29, 0.717) is 30.4 Å². The molecular formula is C24H25N7O2. The van der Waals surface area contributed by atoms with Gasteiger partial charge in [-0.2, -0.15) is 9.97 Å². The van der Waals surface area contributed by atoms with Gasteiger partial charge in [0.25, 0.3) is 0 Å². The first kappa shape index (κ1) is 20.7. The first-order valence-electron chi connectivity index (χ1n) is 11.1. The van der Waals surface area contributed by atoms with Crippen LogP contribution >= 0.6 is 0 Å². The highest BCUT2D eigenvalue weighted by molar-refractivity contribution is 5.86.